The molecule has 2 nitrogen and oxygen atoms in total. The Morgan fingerprint density at radius 1 is 1.32 bits per heavy atom. The summed E-state index contributed by atoms with van der Waals surface area (Å²) in [5.41, 5.74) is 1.12. The molecule has 1 saturated heterocycles. The summed E-state index contributed by atoms with van der Waals surface area (Å²) < 4.78 is 0. The molecule has 0 aliphatic carbocycles. The lowest BCUT2D eigenvalue weighted by molar-refractivity contribution is 0.316. The largest absolute Gasteiger partial charge is 0.366 e. The third-order valence-electron chi connectivity index (χ3n) is 4.11. The molecule has 2 rings (SSSR count). The van der Waals surface area contributed by atoms with Gasteiger partial charge in [0.2, 0.25) is 0 Å². The molecule has 1 heterocycles. The summed E-state index contributed by atoms with van der Waals surface area (Å²) in [7, 11) is 0. The van der Waals surface area contributed by atoms with Crippen molar-refractivity contribution < 1.29 is 0 Å². The summed E-state index contributed by atoms with van der Waals surface area (Å²) in [5, 5.41) is 5.05. The lowest BCUT2D eigenvalue weighted by Crippen LogP contribution is -2.57. The predicted octanol–water partition coefficient (Wildman–Crippen LogP) is 4.21. The van der Waals surface area contributed by atoms with Crippen LogP contribution >= 0.6 is 23.2 Å². The minimum absolute atomic E-state index is 0.454. The van der Waals surface area contributed by atoms with E-state index in [0.717, 1.165) is 18.8 Å². The maximum absolute atomic E-state index is 6.12. The van der Waals surface area contributed by atoms with E-state index >= 15 is 0 Å². The zero-order valence-corrected chi connectivity index (χ0v) is 13.3. The molecule has 106 valence electrons. The molecular formula is C15H22Cl2N2. The van der Waals surface area contributed by atoms with Gasteiger partial charge in [0.15, 0.2) is 0 Å². The monoisotopic (exact) mass is 300 g/mol. The van der Waals surface area contributed by atoms with Crippen LogP contribution in [0.4, 0.5) is 5.69 Å². The third kappa shape index (κ3) is 3.56. The van der Waals surface area contributed by atoms with Crippen molar-refractivity contribution in [3.63, 3.8) is 0 Å². The van der Waals surface area contributed by atoms with Gasteiger partial charge in [0.25, 0.3) is 0 Å². The van der Waals surface area contributed by atoms with Crippen LogP contribution in [0.2, 0.25) is 10.0 Å². The number of benzene rings is 1. The molecule has 1 aromatic rings. The van der Waals surface area contributed by atoms with Crippen LogP contribution in [0, 0.1) is 5.92 Å². The van der Waals surface area contributed by atoms with Gasteiger partial charge >= 0.3 is 0 Å². The van der Waals surface area contributed by atoms with Gasteiger partial charge in [0.05, 0.1) is 0 Å². The highest BCUT2D eigenvalue weighted by Gasteiger charge is 2.28. The van der Waals surface area contributed by atoms with Crippen LogP contribution in [0.1, 0.15) is 27.2 Å². The van der Waals surface area contributed by atoms with Crippen molar-refractivity contribution in [1.82, 2.24) is 5.32 Å². The molecule has 1 aliphatic rings. The van der Waals surface area contributed by atoms with Crippen LogP contribution in [0.25, 0.3) is 0 Å². The van der Waals surface area contributed by atoms with Crippen LogP contribution in [0.5, 0.6) is 0 Å². The van der Waals surface area contributed by atoms with Crippen molar-refractivity contribution in [3.8, 4) is 0 Å². The Labute approximate surface area is 126 Å². The van der Waals surface area contributed by atoms with E-state index in [1.807, 2.05) is 12.1 Å². The van der Waals surface area contributed by atoms with Crippen molar-refractivity contribution in [1.29, 1.82) is 0 Å². The van der Waals surface area contributed by atoms with Crippen LogP contribution in [0.15, 0.2) is 18.2 Å². The topological polar surface area (TPSA) is 15.3 Å². The third-order valence-corrected chi connectivity index (χ3v) is 4.55. The van der Waals surface area contributed by atoms with Crippen molar-refractivity contribution in [3.05, 3.63) is 28.2 Å². The summed E-state index contributed by atoms with van der Waals surface area (Å²) in [5.74, 6) is 0.671. The Morgan fingerprint density at radius 3 is 2.53 bits per heavy atom. The smallest absolute Gasteiger partial charge is 0.0441 e. The standard InChI is InChI=1S/C15H22Cl2N2/c1-4-10(2)15-9-19(11(3)8-18-15)14-6-12(16)5-13(17)7-14/h5-7,10-11,15,18H,4,8-9H2,1-3H3. The summed E-state index contributed by atoms with van der Waals surface area (Å²) in [4.78, 5) is 2.41. The second kappa shape index (κ2) is 6.34. The average Bonchev–Trinajstić information content (AvgIpc) is 2.37. The summed E-state index contributed by atoms with van der Waals surface area (Å²) in [6, 6.07) is 6.77. The second-order valence-corrected chi connectivity index (χ2v) is 6.40. The fourth-order valence-electron chi connectivity index (χ4n) is 2.62. The second-order valence-electron chi connectivity index (χ2n) is 5.53. The first kappa shape index (κ1) is 15.0. The first-order valence-electron chi connectivity index (χ1n) is 6.97. The van der Waals surface area contributed by atoms with Gasteiger partial charge in [0.1, 0.15) is 0 Å². The first-order valence-corrected chi connectivity index (χ1v) is 7.73. The minimum Gasteiger partial charge on any atom is -0.366 e. The van der Waals surface area contributed by atoms with Crippen molar-refractivity contribution in [2.45, 2.75) is 39.3 Å². The molecule has 0 aromatic heterocycles. The average molecular weight is 301 g/mol. The predicted molar refractivity (Wildman–Crippen MR) is 84.5 cm³/mol. The quantitative estimate of drug-likeness (QED) is 0.900. The summed E-state index contributed by atoms with van der Waals surface area (Å²) >= 11 is 12.2. The number of halogens is 2. The Kier molecular flexibility index (Phi) is 4.99. The van der Waals surface area contributed by atoms with Crippen LogP contribution in [-0.2, 0) is 0 Å². The van der Waals surface area contributed by atoms with Crippen molar-refractivity contribution >= 4 is 28.9 Å². The lowest BCUT2D eigenvalue weighted by atomic mass is 9.95. The van der Waals surface area contributed by atoms with E-state index in [1.54, 1.807) is 6.07 Å². The Bertz CT molecular complexity index is 416. The molecule has 0 saturated carbocycles. The highest BCUT2D eigenvalue weighted by molar-refractivity contribution is 6.35. The van der Waals surface area contributed by atoms with Crippen molar-refractivity contribution in [2.75, 3.05) is 18.0 Å². The molecular weight excluding hydrogens is 279 g/mol. The fraction of sp³-hybridized carbons (Fsp3) is 0.600. The molecule has 0 bridgehead atoms. The zero-order valence-electron chi connectivity index (χ0n) is 11.8. The number of rotatable bonds is 3. The summed E-state index contributed by atoms with van der Waals surface area (Å²) in [6.07, 6.45) is 1.19. The summed E-state index contributed by atoms with van der Waals surface area (Å²) in [6.45, 7) is 8.78. The Balaban J connectivity index is 2.20. The number of hydrogen-bond acceptors (Lipinski definition) is 2. The van der Waals surface area contributed by atoms with Crippen molar-refractivity contribution in [2.24, 2.45) is 5.92 Å². The minimum atomic E-state index is 0.454. The van der Waals surface area contributed by atoms with Gasteiger partial charge in [-0.05, 0) is 31.0 Å². The van der Waals surface area contributed by atoms with Gasteiger partial charge in [-0.1, -0.05) is 43.5 Å². The number of hydrogen-bond donors (Lipinski definition) is 1. The molecule has 4 heteroatoms. The number of nitrogens with one attached hydrogen (secondary N) is 1. The Morgan fingerprint density at radius 2 is 1.95 bits per heavy atom. The highest BCUT2D eigenvalue weighted by atomic mass is 35.5. The van der Waals surface area contributed by atoms with Gasteiger partial charge in [-0.25, -0.2) is 0 Å². The highest BCUT2D eigenvalue weighted by Crippen LogP contribution is 2.28. The molecule has 3 unspecified atom stereocenters. The molecule has 1 aromatic carbocycles. The molecule has 1 aliphatic heterocycles. The Hall–Kier alpha value is -0.440. The van der Waals surface area contributed by atoms with E-state index in [1.165, 1.54) is 6.42 Å². The van der Waals surface area contributed by atoms with E-state index in [9.17, 15) is 0 Å². The van der Waals surface area contributed by atoms with Gasteiger partial charge in [-0.2, -0.15) is 0 Å². The van der Waals surface area contributed by atoms with Crippen LogP contribution in [0.3, 0.4) is 0 Å². The van der Waals surface area contributed by atoms with Crippen LogP contribution in [-0.4, -0.2) is 25.2 Å². The molecule has 1 fully saturated rings. The lowest BCUT2D eigenvalue weighted by Gasteiger charge is -2.42. The molecule has 0 spiro atoms. The van der Waals surface area contributed by atoms with Crippen LogP contribution < -0.4 is 10.2 Å². The number of nitrogens with zero attached hydrogens (tertiary/aromatic N) is 1. The normalized spacial score (nSPS) is 25.4. The molecule has 0 amide bonds. The van der Waals surface area contributed by atoms with Gasteiger partial charge in [-0.3, -0.25) is 0 Å². The zero-order chi connectivity index (χ0) is 14.0. The molecule has 19 heavy (non-hydrogen) atoms. The van der Waals surface area contributed by atoms with Gasteiger partial charge in [-0.15, -0.1) is 0 Å². The van der Waals surface area contributed by atoms with E-state index in [-0.39, 0.29) is 0 Å². The van der Waals surface area contributed by atoms with E-state index < -0.39 is 0 Å². The maximum atomic E-state index is 6.12. The molecule has 3 atom stereocenters. The molecule has 0 radical (unpaired) electrons. The van der Waals surface area contributed by atoms with E-state index in [2.05, 4.69) is 31.0 Å². The van der Waals surface area contributed by atoms with Gasteiger partial charge < -0.3 is 10.2 Å². The van der Waals surface area contributed by atoms with E-state index in [0.29, 0.717) is 28.0 Å². The fourth-order valence-corrected chi connectivity index (χ4v) is 3.13. The maximum Gasteiger partial charge on any atom is 0.0441 e. The van der Waals surface area contributed by atoms with E-state index in [4.69, 9.17) is 23.2 Å². The number of anilines is 1. The SMILES string of the molecule is CCC(C)C1CN(c2cc(Cl)cc(Cl)c2)C(C)CN1. The number of piperazine rings is 1. The molecule has 1 N–H and O–H groups in total. The first-order chi connectivity index (χ1) is 9.01. The van der Waals surface area contributed by atoms with Gasteiger partial charge in [0, 0.05) is 40.9 Å².